The molecule has 0 radical (unpaired) electrons. The molecule has 2 aliphatic rings. The van der Waals surface area contributed by atoms with Crippen LogP contribution in [0.15, 0.2) is 138 Å². The third-order valence-electron chi connectivity index (χ3n) is 11.0. The molecule has 0 bridgehead atoms. The smallest absolute Gasteiger partial charge is 0.178 e. The Balaban J connectivity index is 1.34. The Morgan fingerprint density at radius 1 is 0.617 bits per heavy atom. The van der Waals surface area contributed by atoms with Crippen LogP contribution < -0.4 is 4.74 Å². The Hall–Kier alpha value is -4.79. The summed E-state index contributed by atoms with van der Waals surface area (Å²) in [7, 11) is 0. The maximum atomic E-state index is 7.63. The third kappa shape index (κ3) is 3.92. The van der Waals surface area contributed by atoms with Crippen molar-refractivity contribution in [1.29, 1.82) is 0 Å². The molecule has 1 heterocycles. The zero-order valence-electron chi connectivity index (χ0n) is 27.0. The second-order valence-corrected chi connectivity index (χ2v) is 13.9. The van der Waals surface area contributed by atoms with Gasteiger partial charge in [0, 0.05) is 32.4 Å². The van der Waals surface area contributed by atoms with Crippen molar-refractivity contribution >= 4 is 50.2 Å². The molecule has 47 heavy (non-hydrogen) atoms. The molecule has 0 fully saturated rings. The standard InChI is InChI=1S/C45H36OS/c1-4-44(5-2)40-17-11-10-16-38(40)41-36-14-8-9-15-37(36)43-39(42(41)44)26-27-45(46-43,31-20-23-33(47-3)24-21-31)32-22-25-35-30(28-32)19-18-29-12-6-7-13-34(29)35/h6-28H,4-5H2,1-3H3. The van der Waals surface area contributed by atoms with Crippen molar-refractivity contribution in [2.75, 3.05) is 6.26 Å². The SMILES string of the molecule is CCC1(CC)c2ccccc2-c2c1c1c(c3ccccc23)OC(c2ccc(SC)cc2)(c2ccc3c(ccc4ccccc43)c2)C=C1. The van der Waals surface area contributed by atoms with Crippen LogP contribution in [0.4, 0.5) is 0 Å². The molecule has 7 aromatic rings. The molecule has 2 heteroatoms. The van der Waals surface area contributed by atoms with Crippen LogP contribution in [-0.2, 0) is 11.0 Å². The third-order valence-corrected chi connectivity index (χ3v) is 11.8. The lowest BCUT2D eigenvalue weighted by molar-refractivity contribution is 0.163. The van der Waals surface area contributed by atoms with Gasteiger partial charge in [-0.2, -0.15) is 0 Å². The van der Waals surface area contributed by atoms with Gasteiger partial charge in [-0.1, -0.05) is 129 Å². The van der Waals surface area contributed by atoms with Crippen LogP contribution in [0, 0.1) is 0 Å². The zero-order valence-corrected chi connectivity index (χ0v) is 27.8. The summed E-state index contributed by atoms with van der Waals surface area (Å²) < 4.78 is 7.63. The van der Waals surface area contributed by atoms with Gasteiger partial charge in [-0.15, -0.1) is 11.8 Å². The average Bonchev–Trinajstić information content (AvgIpc) is 3.45. The van der Waals surface area contributed by atoms with E-state index in [0.717, 1.165) is 29.7 Å². The van der Waals surface area contributed by atoms with E-state index in [1.54, 1.807) is 11.8 Å². The number of ether oxygens (including phenoxy) is 1. The van der Waals surface area contributed by atoms with Crippen molar-refractivity contribution < 1.29 is 4.74 Å². The van der Waals surface area contributed by atoms with Gasteiger partial charge in [0.25, 0.3) is 0 Å². The Morgan fingerprint density at radius 2 is 1.28 bits per heavy atom. The zero-order chi connectivity index (χ0) is 31.8. The summed E-state index contributed by atoms with van der Waals surface area (Å²) in [5.74, 6) is 0.980. The maximum absolute atomic E-state index is 7.63. The van der Waals surface area contributed by atoms with Crippen LogP contribution in [0.1, 0.15) is 54.5 Å². The summed E-state index contributed by atoms with van der Waals surface area (Å²) >= 11 is 1.77. The van der Waals surface area contributed by atoms with E-state index in [-0.39, 0.29) is 5.41 Å². The quantitative estimate of drug-likeness (QED) is 0.139. The summed E-state index contributed by atoms with van der Waals surface area (Å²) in [4.78, 5) is 1.24. The van der Waals surface area contributed by atoms with Gasteiger partial charge in [-0.25, -0.2) is 0 Å². The molecule has 7 aromatic carbocycles. The van der Waals surface area contributed by atoms with Crippen LogP contribution >= 0.6 is 11.8 Å². The summed E-state index contributed by atoms with van der Waals surface area (Å²) in [5, 5.41) is 7.45. The largest absolute Gasteiger partial charge is 0.472 e. The number of fused-ring (bicyclic) bond motifs is 11. The Labute approximate surface area is 280 Å². The topological polar surface area (TPSA) is 9.23 Å². The molecular formula is C45H36OS. The van der Waals surface area contributed by atoms with Gasteiger partial charge >= 0.3 is 0 Å². The molecular weight excluding hydrogens is 589 g/mol. The lowest BCUT2D eigenvalue weighted by Crippen LogP contribution is -2.35. The van der Waals surface area contributed by atoms with E-state index >= 15 is 0 Å². The van der Waals surface area contributed by atoms with E-state index in [4.69, 9.17) is 4.74 Å². The second kappa shape index (κ2) is 10.6. The first kappa shape index (κ1) is 28.4. The summed E-state index contributed by atoms with van der Waals surface area (Å²) in [6.07, 6.45) is 8.92. The van der Waals surface area contributed by atoms with Gasteiger partial charge in [-0.05, 0) is 92.6 Å². The number of benzene rings is 7. The van der Waals surface area contributed by atoms with E-state index in [1.807, 2.05) is 0 Å². The van der Waals surface area contributed by atoms with Crippen LogP contribution in [0.25, 0.3) is 49.5 Å². The maximum Gasteiger partial charge on any atom is 0.178 e. The van der Waals surface area contributed by atoms with Gasteiger partial charge in [0.1, 0.15) is 5.75 Å². The first-order valence-corrected chi connectivity index (χ1v) is 18.0. The molecule has 1 atom stereocenters. The van der Waals surface area contributed by atoms with E-state index in [2.05, 4.69) is 160 Å². The fourth-order valence-electron chi connectivity index (χ4n) is 8.67. The second-order valence-electron chi connectivity index (χ2n) is 13.0. The minimum absolute atomic E-state index is 0.0717. The molecule has 0 amide bonds. The average molecular weight is 625 g/mol. The van der Waals surface area contributed by atoms with Crippen molar-refractivity contribution in [2.45, 2.75) is 42.6 Å². The van der Waals surface area contributed by atoms with Crippen molar-refractivity contribution in [2.24, 2.45) is 0 Å². The van der Waals surface area contributed by atoms with Crippen LogP contribution in [0.2, 0.25) is 0 Å². The van der Waals surface area contributed by atoms with Crippen molar-refractivity contribution in [3.8, 4) is 16.9 Å². The number of thioether (sulfide) groups is 1. The van der Waals surface area contributed by atoms with Gasteiger partial charge in [0.2, 0.25) is 0 Å². The molecule has 0 aromatic heterocycles. The lowest BCUT2D eigenvalue weighted by atomic mass is 9.71. The van der Waals surface area contributed by atoms with E-state index < -0.39 is 5.60 Å². The van der Waals surface area contributed by atoms with E-state index in [0.29, 0.717) is 0 Å². The predicted molar refractivity (Wildman–Crippen MR) is 201 cm³/mol. The molecule has 1 aliphatic heterocycles. The molecule has 9 rings (SSSR count). The molecule has 1 aliphatic carbocycles. The first-order valence-electron chi connectivity index (χ1n) is 16.8. The predicted octanol–water partition coefficient (Wildman–Crippen LogP) is 12.3. The number of hydrogen-bond donors (Lipinski definition) is 0. The highest BCUT2D eigenvalue weighted by Gasteiger charge is 2.46. The number of rotatable bonds is 5. The molecule has 0 saturated carbocycles. The highest BCUT2D eigenvalue weighted by Crippen LogP contribution is 2.60. The summed E-state index contributed by atoms with van der Waals surface area (Å²) in [6, 6.07) is 46.9. The molecule has 228 valence electrons. The molecule has 0 N–H and O–H groups in total. The minimum Gasteiger partial charge on any atom is -0.472 e. The molecule has 0 spiro atoms. The Bertz CT molecular complexity index is 2400. The first-order chi connectivity index (χ1) is 23.1. The Kier molecular flexibility index (Phi) is 6.42. The van der Waals surface area contributed by atoms with Gasteiger partial charge in [0.05, 0.1) is 0 Å². The summed E-state index contributed by atoms with van der Waals surface area (Å²) in [5.41, 5.74) is 8.22. The van der Waals surface area contributed by atoms with Crippen LogP contribution in [0.5, 0.6) is 5.75 Å². The van der Waals surface area contributed by atoms with Crippen molar-refractivity contribution in [3.05, 3.63) is 161 Å². The monoisotopic (exact) mass is 624 g/mol. The summed E-state index contributed by atoms with van der Waals surface area (Å²) in [6.45, 7) is 4.70. The Morgan fingerprint density at radius 3 is 2.06 bits per heavy atom. The van der Waals surface area contributed by atoms with Crippen molar-refractivity contribution in [3.63, 3.8) is 0 Å². The lowest BCUT2D eigenvalue weighted by Gasteiger charge is -2.39. The minimum atomic E-state index is -0.798. The molecule has 0 saturated heterocycles. The van der Waals surface area contributed by atoms with Crippen LogP contribution in [-0.4, -0.2) is 6.26 Å². The normalized spacial score (nSPS) is 17.4. The van der Waals surface area contributed by atoms with E-state index in [1.165, 1.54) is 65.0 Å². The highest BCUT2D eigenvalue weighted by atomic mass is 32.2. The van der Waals surface area contributed by atoms with Crippen molar-refractivity contribution in [1.82, 2.24) is 0 Å². The fraction of sp³-hybridized carbons (Fsp3) is 0.156. The van der Waals surface area contributed by atoms with Gasteiger partial charge in [-0.3, -0.25) is 0 Å². The van der Waals surface area contributed by atoms with Crippen LogP contribution in [0.3, 0.4) is 0 Å². The molecule has 1 nitrogen and oxygen atoms in total. The highest BCUT2D eigenvalue weighted by molar-refractivity contribution is 7.98. The fourth-order valence-corrected chi connectivity index (χ4v) is 9.07. The number of hydrogen-bond acceptors (Lipinski definition) is 2. The van der Waals surface area contributed by atoms with E-state index in [9.17, 15) is 0 Å². The van der Waals surface area contributed by atoms with Gasteiger partial charge < -0.3 is 4.74 Å². The molecule has 1 unspecified atom stereocenters. The van der Waals surface area contributed by atoms with Gasteiger partial charge in [0.15, 0.2) is 5.60 Å².